The van der Waals surface area contributed by atoms with Crippen molar-refractivity contribution in [2.24, 2.45) is 0 Å². The minimum Gasteiger partial charge on any atom is -0.494 e. The first-order chi connectivity index (χ1) is 13.0. The van der Waals surface area contributed by atoms with E-state index < -0.39 is 0 Å². The molecule has 142 valence electrons. The minimum atomic E-state index is -0.309. The van der Waals surface area contributed by atoms with Crippen LogP contribution in [-0.2, 0) is 4.79 Å². The first-order valence-electron chi connectivity index (χ1n) is 8.76. The van der Waals surface area contributed by atoms with Crippen LogP contribution >= 0.6 is 12.2 Å². The van der Waals surface area contributed by atoms with Gasteiger partial charge in [0, 0.05) is 17.8 Å². The van der Waals surface area contributed by atoms with Crippen molar-refractivity contribution in [3.63, 3.8) is 0 Å². The second-order valence-corrected chi connectivity index (χ2v) is 6.38. The Hall–Kier alpha value is -2.86. The summed E-state index contributed by atoms with van der Waals surface area (Å²) in [6.07, 6.45) is 3.23. The lowest BCUT2D eigenvalue weighted by atomic mass is 10.2. The van der Waals surface area contributed by atoms with Crippen LogP contribution in [0.5, 0.6) is 11.5 Å². The molecule has 0 bridgehead atoms. The molecule has 2 rings (SSSR count). The van der Waals surface area contributed by atoms with Crippen molar-refractivity contribution in [1.82, 2.24) is 5.32 Å². The lowest BCUT2D eigenvalue weighted by Gasteiger charge is -2.12. The molecule has 0 spiro atoms. The lowest BCUT2D eigenvalue weighted by molar-refractivity contribution is -0.115. The van der Waals surface area contributed by atoms with Crippen LogP contribution in [0.25, 0.3) is 6.08 Å². The highest BCUT2D eigenvalue weighted by molar-refractivity contribution is 7.80. The smallest absolute Gasteiger partial charge is 0.250 e. The summed E-state index contributed by atoms with van der Waals surface area (Å²) in [6.45, 7) is 6.47. The summed E-state index contributed by atoms with van der Waals surface area (Å²) in [6, 6.07) is 14.9. The van der Waals surface area contributed by atoms with Crippen molar-refractivity contribution in [1.29, 1.82) is 0 Å². The Labute approximate surface area is 165 Å². The van der Waals surface area contributed by atoms with Gasteiger partial charge in [-0.3, -0.25) is 10.1 Å². The SMILES string of the molecule is CCOc1ccc(/C=C/C(=O)NC(=S)Nc2cccc(OC(C)C)c2)cc1. The summed E-state index contributed by atoms with van der Waals surface area (Å²) in [4.78, 5) is 12.0. The average molecular weight is 385 g/mol. The second-order valence-electron chi connectivity index (χ2n) is 5.97. The molecule has 0 atom stereocenters. The van der Waals surface area contributed by atoms with Crippen LogP contribution in [0.15, 0.2) is 54.6 Å². The van der Waals surface area contributed by atoms with E-state index in [1.165, 1.54) is 6.08 Å². The normalized spacial score (nSPS) is 10.7. The lowest BCUT2D eigenvalue weighted by Crippen LogP contribution is -2.32. The molecule has 0 aliphatic rings. The Morgan fingerprint density at radius 2 is 1.89 bits per heavy atom. The molecule has 0 saturated heterocycles. The Bertz CT molecular complexity index is 801. The number of rotatable bonds is 7. The summed E-state index contributed by atoms with van der Waals surface area (Å²) >= 11 is 5.19. The standard InChI is InChI=1S/C21H24N2O3S/c1-4-25-18-11-8-16(9-12-18)10-13-20(24)23-21(27)22-17-6-5-7-19(14-17)26-15(2)3/h5-15H,4H2,1-3H3,(H2,22,23,24,27)/b13-10+. The summed E-state index contributed by atoms with van der Waals surface area (Å²) in [5, 5.41) is 5.82. The number of hydrogen-bond donors (Lipinski definition) is 2. The van der Waals surface area contributed by atoms with Crippen molar-refractivity contribution >= 4 is 35.0 Å². The van der Waals surface area contributed by atoms with Gasteiger partial charge in [-0.2, -0.15) is 0 Å². The quantitative estimate of drug-likeness (QED) is 0.547. The number of thiocarbonyl (C=S) groups is 1. The minimum absolute atomic E-state index is 0.0830. The molecule has 0 aromatic heterocycles. The molecule has 2 aromatic rings. The molecule has 2 aromatic carbocycles. The van der Waals surface area contributed by atoms with E-state index in [0.717, 1.165) is 22.7 Å². The summed E-state index contributed by atoms with van der Waals surface area (Å²) in [5.74, 6) is 1.23. The van der Waals surface area contributed by atoms with Crippen LogP contribution in [0, 0.1) is 0 Å². The van der Waals surface area contributed by atoms with E-state index in [0.29, 0.717) is 6.61 Å². The summed E-state index contributed by atoms with van der Waals surface area (Å²) < 4.78 is 11.0. The molecule has 0 aliphatic carbocycles. The maximum Gasteiger partial charge on any atom is 0.250 e. The molecule has 6 heteroatoms. The third kappa shape index (κ3) is 7.50. The monoisotopic (exact) mass is 384 g/mol. The van der Waals surface area contributed by atoms with Gasteiger partial charge in [-0.05, 0) is 68.9 Å². The maximum absolute atomic E-state index is 12.0. The number of hydrogen-bond acceptors (Lipinski definition) is 4. The zero-order valence-corrected chi connectivity index (χ0v) is 16.5. The number of ether oxygens (including phenoxy) is 2. The number of carbonyl (C=O) groups is 1. The molecule has 0 unspecified atom stereocenters. The molecule has 0 radical (unpaired) electrons. The fourth-order valence-corrected chi connectivity index (χ4v) is 2.47. The van der Waals surface area contributed by atoms with Gasteiger partial charge < -0.3 is 14.8 Å². The third-order valence-electron chi connectivity index (χ3n) is 3.32. The van der Waals surface area contributed by atoms with Gasteiger partial charge >= 0.3 is 0 Å². The van der Waals surface area contributed by atoms with Gasteiger partial charge in [-0.15, -0.1) is 0 Å². The van der Waals surface area contributed by atoms with E-state index in [1.54, 1.807) is 6.08 Å². The number of amides is 1. The van der Waals surface area contributed by atoms with Gasteiger partial charge in [0.2, 0.25) is 5.91 Å². The van der Waals surface area contributed by atoms with Gasteiger partial charge in [0.15, 0.2) is 5.11 Å². The zero-order chi connectivity index (χ0) is 19.6. The average Bonchev–Trinajstić information content (AvgIpc) is 2.61. The topological polar surface area (TPSA) is 59.6 Å². The number of nitrogens with one attached hydrogen (secondary N) is 2. The molecular formula is C21H24N2O3S. The van der Waals surface area contributed by atoms with E-state index in [2.05, 4.69) is 10.6 Å². The van der Waals surface area contributed by atoms with Gasteiger partial charge in [0.05, 0.1) is 12.7 Å². The van der Waals surface area contributed by atoms with Crippen molar-refractivity contribution in [3.05, 3.63) is 60.2 Å². The van der Waals surface area contributed by atoms with Crippen LogP contribution in [-0.4, -0.2) is 23.7 Å². The highest BCUT2D eigenvalue weighted by atomic mass is 32.1. The van der Waals surface area contributed by atoms with Gasteiger partial charge in [-0.25, -0.2) is 0 Å². The fourth-order valence-electron chi connectivity index (χ4n) is 2.25. The molecule has 0 saturated carbocycles. The molecule has 0 heterocycles. The Balaban J connectivity index is 1.87. The first-order valence-corrected chi connectivity index (χ1v) is 9.16. The molecule has 2 N–H and O–H groups in total. The molecule has 1 amide bonds. The zero-order valence-electron chi connectivity index (χ0n) is 15.7. The molecule has 0 fully saturated rings. The predicted molar refractivity (Wildman–Crippen MR) is 113 cm³/mol. The largest absolute Gasteiger partial charge is 0.494 e. The van der Waals surface area contributed by atoms with E-state index in [4.69, 9.17) is 21.7 Å². The van der Waals surface area contributed by atoms with E-state index in [9.17, 15) is 4.79 Å². The summed E-state index contributed by atoms with van der Waals surface area (Å²) in [7, 11) is 0. The first kappa shape index (κ1) is 20.5. The van der Waals surface area contributed by atoms with E-state index in [-0.39, 0.29) is 17.1 Å². The molecule has 27 heavy (non-hydrogen) atoms. The number of carbonyl (C=O) groups excluding carboxylic acids is 1. The van der Waals surface area contributed by atoms with Crippen LogP contribution in [0.1, 0.15) is 26.3 Å². The Kier molecular flexibility index (Phi) is 7.82. The third-order valence-corrected chi connectivity index (χ3v) is 3.52. The Morgan fingerprint density at radius 1 is 1.15 bits per heavy atom. The van der Waals surface area contributed by atoms with E-state index in [1.807, 2.05) is 69.3 Å². The van der Waals surface area contributed by atoms with Crippen molar-refractivity contribution in [2.45, 2.75) is 26.9 Å². The summed E-state index contributed by atoms with van der Waals surface area (Å²) in [5.41, 5.74) is 1.64. The van der Waals surface area contributed by atoms with Crippen LogP contribution < -0.4 is 20.1 Å². The van der Waals surface area contributed by atoms with Crippen LogP contribution in [0.4, 0.5) is 5.69 Å². The predicted octanol–water partition coefficient (Wildman–Crippen LogP) is 4.40. The van der Waals surface area contributed by atoms with Gasteiger partial charge in [0.25, 0.3) is 0 Å². The highest BCUT2D eigenvalue weighted by Gasteiger charge is 2.04. The van der Waals surface area contributed by atoms with Crippen molar-refractivity contribution in [2.75, 3.05) is 11.9 Å². The van der Waals surface area contributed by atoms with Gasteiger partial charge in [0.1, 0.15) is 11.5 Å². The molecular weight excluding hydrogens is 360 g/mol. The van der Waals surface area contributed by atoms with Crippen molar-refractivity contribution in [3.8, 4) is 11.5 Å². The molecule has 5 nitrogen and oxygen atoms in total. The van der Waals surface area contributed by atoms with Crippen molar-refractivity contribution < 1.29 is 14.3 Å². The molecule has 0 aliphatic heterocycles. The van der Waals surface area contributed by atoms with Gasteiger partial charge in [-0.1, -0.05) is 18.2 Å². The Morgan fingerprint density at radius 3 is 2.56 bits per heavy atom. The maximum atomic E-state index is 12.0. The van der Waals surface area contributed by atoms with E-state index >= 15 is 0 Å². The van der Waals surface area contributed by atoms with Crippen LogP contribution in [0.2, 0.25) is 0 Å². The fraction of sp³-hybridized carbons (Fsp3) is 0.238. The number of benzene rings is 2. The van der Waals surface area contributed by atoms with Crippen LogP contribution in [0.3, 0.4) is 0 Å². The second kappa shape index (κ2) is 10.3. The number of anilines is 1. The highest BCUT2D eigenvalue weighted by Crippen LogP contribution is 2.18.